The van der Waals surface area contributed by atoms with Gasteiger partial charge >= 0.3 is 0 Å². The first-order valence-corrected chi connectivity index (χ1v) is 6.90. The molecule has 0 bridgehead atoms. The van der Waals surface area contributed by atoms with Crippen LogP contribution in [-0.2, 0) is 0 Å². The first-order valence-electron chi connectivity index (χ1n) is 5.77. The SMILES string of the molecule is NCC(Nc1ccc(Cl)cc1)c1ccc(Cl)c(Cl)c1. The Hall–Kier alpha value is -0.930. The van der Waals surface area contributed by atoms with Crippen LogP contribution in [-0.4, -0.2) is 6.54 Å². The van der Waals surface area contributed by atoms with Crippen molar-refractivity contribution in [3.63, 3.8) is 0 Å². The molecule has 1 unspecified atom stereocenters. The summed E-state index contributed by atoms with van der Waals surface area (Å²) in [5, 5.41) is 5.09. The standard InChI is InChI=1S/C14H13Cl3N2/c15-10-2-4-11(5-3-10)19-14(8-18)9-1-6-12(16)13(17)7-9/h1-7,14,19H,8,18H2. The largest absolute Gasteiger partial charge is 0.377 e. The van der Waals surface area contributed by atoms with Crippen molar-refractivity contribution in [2.45, 2.75) is 6.04 Å². The summed E-state index contributed by atoms with van der Waals surface area (Å²) < 4.78 is 0. The molecule has 2 aromatic carbocycles. The van der Waals surface area contributed by atoms with E-state index in [4.69, 9.17) is 40.5 Å². The van der Waals surface area contributed by atoms with Gasteiger partial charge in [0.1, 0.15) is 0 Å². The lowest BCUT2D eigenvalue weighted by molar-refractivity contribution is 0.790. The van der Waals surface area contributed by atoms with E-state index in [0.29, 0.717) is 21.6 Å². The third-order valence-electron chi connectivity index (χ3n) is 2.77. The van der Waals surface area contributed by atoms with Crippen LogP contribution in [0.4, 0.5) is 5.69 Å². The van der Waals surface area contributed by atoms with Gasteiger partial charge in [-0.15, -0.1) is 0 Å². The lowest BCUT2D eigenvalue weighted by Crippen LogP contribution is -2.20. The Labute approximate surface area is 127 Å². The van der Waals surface area contributed by atoms with Crippen molar-refractivity contribution in [2.75, 3.05) is 11.9 Å². The number of nitrogens with one attached hydrogen (secondary N) is 1. The van der Waals surface area contributed by atoms with E-state index in [-0.39, 0.29) is 6.04 Å². The van der Waals surface area contributed by atoms with E-state index in [1.54, 1.807) is 6.07 Å². The zero-order valence-corrected chi connectivity index (χ0v) is 12.3. The Morgan fingerprint density at radius 3 is 2.21 bits per heavy atom. The van der Waals surface area contributed by atoms with Crippen LogP contribution in [0.15, 0.2) is 42.5 Å². The van der Waals surface area contributed by atoms with Crippen LogP contribution in [0, 0.1) is 0 Å². The van der Waals surface area contributed by atoms with E-state index in [0.717, 1.165) is 11.3 Å². The monoisotopic (exact) mass is 314 g/mol. The normalized spacial score (nSPS) is 12.2. The van der Waals surface area contributed by atoms with Gasteiger partial charge in [-0.05, 0) is 42.0 Å². The summed E-state index contributed by atoms with van der Waals surface area (Å²) in [6.45, 7) is 0.445. The van der Waals surface area contributed by atoms with E-state index in [9.17, 15) is 0 Å². The summed E-state index contributed by atoms with van der Waals surface area (Å²) in [5.41, 5.74) is 7.75. The molecular weight excluding hydrogens is 303 g/mol. The van der Waals surface area contributed by atoms with Gasteiger partial charge in [0.2, 0.25) is 0 Å². The molecule has 0 aromatic heterocycles. The molecule has 1 atom stereocenters. The average molecular weight is 316 g/mol. The minimum absolute atomic E-state index is 0.0315. The smallest absolute Gasteiger partial charge is 0.0636 e. The third kappa shape index (κ3) is 3.77. The zero-order valence-electron chi connectivity index (χ0n) is 10.0. The van der Waals surface area contributed by atoms with Crippen molar-refractivity contribution in [1.82, 2.24) is 0 Å². The summed E-state index contributed by atoms with van der Waals surface area (Å²) in [6.07, 6.45) is 0. The molecule has 2 aromatic rings. The Kier molecular flexibility index (Phi) is 4.94. The number of nitrogens with two attached hydrogens (primary N) is 1. The van der Waals surface area contributed by atoms with Crippen LogP contribution in [0.1, 0.15) is 11.6 Å². The number of hydrogen-bond acceptors (Lipinski definition) is 2. The molecule has 0 amide bonds. The Morgan fingerprint density at radius 2 is 1.63 bits per heavy atom. The van der Waals surface area contributed by atoms with Gasteiger partial charge in [0.05, 0.1) is 16.1 Å². The van der Waals surface area contributed by atoms with E-state index >= 15 is 0 Å². The first-order chi connectivity index (χ1) is 9.10. The second-order valence-electron chi connectivity index (χ2n) is 4.11. The Balaban J connectivity index is 2.19. The predicted octanol–water partition coefficient (Wildman–Crippen LogP) is 4.76. The highest BCUT2D eigenvalue weighted by Crippen LogP contribution is 2.27. The van der Waals surface area contributed by atoms with Crippen molar-refractivity contribution in [2.24, 2.45) is 5.73 Å². The molecular formula is C14H13Cl3N2. The summed E-state index contributed by atoms with van der Waals surface area (Å²) in [7, 11) is 0. The molecule has 100 valence electrons. The van der Waals surface area contributed by atoms with E-state index in [1.807, 2.05) is 36.4 Å². The van der Waals surface area contributed by atoms with E-state index in [1.165, 1.54) is 0 Å². The molecule has 5 heteroatoms. The van der Waals surface area contributed by atoms with Gasteiger partial charge in [0.25, 0.3) is 0 Å². The van der Waals surface area contributed by atoms with Gasteiger partial charge in [-0.2, -0.15) is 0 Å². The molecule has 3 N–H and O–H groups in total. The highest BCUT2D eigenvalue weighted by atomic mass is 35.5. The molecule has 0 aliphatic carbocycles. The van der Waals surface area contributed by atoms with Crippen molar-refractivity contribution in [3.05, 3.63) is 63.1 Å². The van der Waals surface area contributed by atoms with Gasteiger partial charge in [-0.25, -0.2) is 0 Å². The summed E-state index contributed by atoms with van der Waals surface area (Å²) in [4.78, 5) is 0. The number of hydrogen-bond donors (Lipinski definition) is 2. The zero-order chi connectivity index (χ0) is 13.8. The number of anilines is 1. The Bertz CT molecular complexity index is 555. The van der Waals surface area contributed by atoms with Crippen molar-refractivity contribution in [3.8, 4) is 0 Å². The molecule has 0 heterocycles. The molecule has 0 saturated heterocycles. The molecule has 0 aliphatic heterocycles. The maximum absolute atomic E-state index is 6.02. The molecule has 0 fully saturated rings. The highest BCUT2D eigenvalue weighted by molar-refractivity contribution is 6.42. The van der Waals surface area contributed by atoms with E-state index in [2.05, 4.69) is 5.32 Å². The predicted molar refractivity (Wildman–Crippen MR) is 83.3 cm³/mol. The van der Waals surface area contributed by atoms with Gasteiger partial charge in [-0.1, -0.05) is 40.9 Å². The first kappa shape index (κ1) is 14.5. The fourth-order valence-corrected chi connectivity index (χ4v) is 2.19. The van der Waals surface area contributed by atoms with Crippen molar-refractivity contribution < 1.29 is 0 Å². The lowest BCUT2D eigenvalue weighted by atomic mass is 10.1. The average Bonchev–Trinajstić information content (AvgIpc) is 2.41. The summed E-state index contributed by atoms with van der Waals surface area (Å²) in [5.74, 6) is 0. The molecule has 0 saturated carbocycles. The minimum atomic E-state index is -0.0315. The maximum Gasteiger partial charge on any atom is 0.0636 e. The topological polar surface area (TPSA) is 38.0 Å². The van der Waals surface area contributed by atoms with Crippen LogP contribution in [0.25, 0.3) is 0 Å². The number of benzene rings is 2. The fourth-order valence-electron chi connectivity index (χ4n) is 1.75. The second kappa shape index (κ2) is 6.49. The maximum atomic E-state index is 6.02. The third-order valence-corrected chi connectivity index (χ3v) is 3.76. The van der Waals surface area contributed by atoms with E-state index < -0.39 is 0 Å². The van der Waals surface area contributed by atoms with Crippen molar-refractivity contribution in [1.29, 1.82) is 0 Å². The molecule has 2 rings (SSSR count). The minimum Gasteiger partial charge on any atom is -0.377 e. The number of halogens is 3. The van der Waals surface area contributed by atoms with Gasteiger partial charge in [-0.3, -0.25) is 0 Å². The van der Waals surface area contributed by atoms with Crippen LogP contribution in [0.5, 0.6) is 0 Å². The number of rotatable bonds is 4. The van der Waals surface area contributed by atoms with Crippen LogP contribution in [0.3, 0.4) is 0 Å². The fraction of sp³-hybridized carbons (Fsp3) is 0.143. The summed E-state index contributed by atoms with van der Waals surface area (Å²) in [6, 6.07) is 12.9. The van der Waals surface area contributed by atoms with Gasteiger partial charge < -0.3 is 11.1 Å². The summed E-state index contributed by atoms with van der Waals surface area (Å²) >= 11 is 17.8. The molecule has 19 heavy (non-hydrogen) atoms. The molecule has 0 radical (unpaired) electrons. The van der Waals surface area contributed by atoms with Crippen LogP contribution < -0.4 is 11.1 Å². The van der Waals surface area contributed by atoms with Crippen molar-refractivity contribution >= 4 is 40.5 Å². The molecule has 0 aliphatic rings. The van der Waals surface area contributed by atoms with Gasteiger partial charge in [0, 0.05) is 17.3 Å². The Morgan fingerprint density at radius 1 is 0.947 bits per heavy atom. The molecule has 2 nitrogen and oxygen atoms in total. The second-order valence-corrected chi connectivity index (χ2v) is 5.36. The quantitative estimate of drug-likeness (QED) is 0.853. The molecule has 0 spiro atoms. The van der Waals surface area contributed by atoms with Crippen LogP contribution >= 0.6 is 34.8 Å². The lowest BCUT2D eigenvalue weighted by Gasteiger charge is -2.19. The van der Waals surface area contributed by atoms with Crippen LogP contribution in [0.2, 0.25) is 15.1 Å². The highest BCUT2D eigenvalue weighted by Gasteiger charge is 2.11. The van der Waals surface area contributed by atoms with Gasteiger partial charge in [0.15, 0.2) is 0 Å².